The first-order chi connectivity index (χ1) is 11.1. The first-order valence-electron chi connectivity index (χ1n) is 7.19. The Balaban J connectivity index is 1.83. The van der Waals surface area contributed by atoms with Gasteiger partial charge in [0.2, 0.25) is 0 Å². The molecule has 0 aliphatic rings. The number of aryl methyl sites for hydroxylation is 2. The van der Waals surface area contributed by atoms with Gasteiger partial charge in [0.15, 0.2) is 0 Å². The topological polar surface area (TPSA) is 83.6 Å². The number of aromatic nitrogens is 3. The third kappa shape index (κ3) is 2.77. The van der Waals surface area contributed by atoms with Gasteiger partial charge < -0.3 is 5.32 Å². The zero-order valence-electron chi connectivity index (χ0n) is 12.9. The van der Waals surface area contributed by atoms with Crippen molar-refractivity contribution in [2.24, 2.45) is 0 Å². The molecule has 2 aromatic carbocycles. The molecule has 0 radical (unpaired) electrons. The number of rotatable bonds is 2. The van der Waals surface area contributed by atoms with E-state index in [1.165, 1.54) is 4.68 Å². The molecule has 0 spiro atoms. The standard InChI is InChI=1S/C17H15N5O/c1-11-4-3-5-12(2)14(11)10-19-17(23)22-16-7-6-13(9-18)8-15(16)20-21-22/h3-8H,10H2,1-2H3,(H,19,23). The molecule has 0 saturated carbocycles. The Morgan fingerprint density at radius 3 is 2.70 bits per heavy atom. The van der Waals surface area contributed by atoms with E-state index in [1.807, 2.05) is 38.1 Å². The lowest BCUT2D eigenvalue weighted by Crippen LogP contribution is -2.29. The second kappa shape index (κ2) is 5.89. The Bertz CT molecular complexity index is 916. The van der Waals surface area contributed by atoms with Crippen LogP contribution in [0.5, 0.6) is 0 Å². The van der Waals surface area contributed by atoms with Gasteiger partial charge in [-0.2, -0.15) is 9.94 Å². The minimum absolute atomic E-state index is 0.347. The predicted molar refractivity (Wildman–Crippen MR) is 85.8 cm³/mol. The smallest absolute Gasteiger partial charge is 0.332 e. The molecule has 0 bridgehead atoms. The van der Waals surface area contributed by atoms with Gasteiger partial charge in [-0.1, -0.05) is 23.4 Å². The summed E-state index contributed by atoms with van der Waals surface area (Å²) in [7, 11) is 0. The highest BCUT2D eigenvalue weighted by Crippen LogP contribution is 2.14. The number of fused-ring (bicyclic) bond motifs is 1. The number of hydrogen-bond acceptors (Lipinski definition) is 4. The Kier molecular flexibility index (Phi) is 3.77. The van der Waals surface area contributed by atoms with Crippen LogP contribution in [0.1, 0.15) is 22.3 Å². The summed E-state index contributed by atoms with van der Waals surface area (Å²) < 4.78 is 1.21. The number of carbonyl (C=O) groups is 1. The van der Waals surface area contributed by atoms with E-state index in [2.05, 4.69) is 15.6 Å². The highest BCUT2D eigenvalue weighted by atomic mass is 16.2. The first-order valence-corrected chi connectivity index (χ1v) is 7.19. The van der Waals surface area contributed by atoms with Crippen molar-refractivity contribution in [1.82, 2.24) is 20.3 Å². The molecule has 3 aromatic rings. The minimum atomic E-state index is -0.347. The summed E-state index contributed by atoms with van der Waals surface area (Å²) >= 11 is 0. The van der Waals surface area contributed by atoms with Gasteiger partial charge in [0.1, 0.15) is 5.52 Å². The van der Waals surface area contributed by atoms with E-state index in [9.17, 15) is 4.79 Å². The summed E-state index contributed by atoms with van der Waals surface area (Å²) in [6.07, 6.45) is 0. The molecule has 1 aromatic heterocycles. The van der Waals surface area contributed by atoms with Crippen LogP contribution in [0.3, 0.4) is 0 Å². The lowest BCUT2D eigenvalue weighted by Gasteiger charge is -2.10. The highest BCUT2D eigenvalue weighted by Gasteiger charge is 2.13. The summed E-state index contributed by atoms with van der Waals surface area (Å²) in [5.74, 6) is 0. The fourth-order valence-corrected chi connectivity index (χ4v) is 2.51. The Hall–Kier alpha value is -3.20. The van der Waals surface area contributed by atoms with Crippen LogP contribution in [0.2, 0.25) is 0 Å². The molecule has 0 atom stereocenters. The second-order valence-electron chi connectivity index (χ2n) is 5.35. The molecule has 1 amide bonds. The van der Waals surface area contributed by atoms with E-state index >= 15 is 0 Å². The summed E-state index contributed by atoms with van der Waals surface area (Å²) in [4.78, 5) is 12.4. The summed E-state index contributed by atoms with van der Waals surface area (Å²) in [5, 5.41) is 19.6. The van der Waals surface area contributed by atoms with Gasteiger partial charge in [0.25, 0.3) is 0 Å². The largest absolute Gasteiger partial charge is 0.344 e. The first kappa shape index (κ1) is 14.7. The monoisotopic (exact) mass is 305 g/mol. The van der Waals surface area contributed by atoms with Gasteiger partial charge >= 0.3 is 6.03 Å². The molecule has 0 aliphatic carbocycles. The minimum Gasteiger partial charge on any atom is -0.332 e. The van der Waals surface area contributed by atoms with Crippen molar-refractivity contribution < 1.29 is 4.79 Å². The van der Waals surface area contributed by atoms with Crippen molar-refractivity contribution in [2.75, 3.05) is 0 Å². The molecule has 6 nitrogen and oxygen atoms in total. The van der Waals surface area contributed by atoms with Crippen molar-refractivity contribution in [3.8, 4) is 6.07 Å². The molecule has 1 N–H and O–H groups in total. The maximum Gasteiger partial charge on any atom is 0.344 e. The van der Waals surface area contributed by atoms with Gasteiger partial charge in [0.05, 0.1) is 17.1 Å². The summed E-state index contributed by atoms with van der Waals surface area (Å²) in [6.45, 7) is 4.46. The SMILES string of the molecule is Cc1cccc(C)c1CNC(=O)n1nnc2cc(C#N)ccc21. The molecule has 0 unspecified atom stereocenters. The molecular formula is C17H15N5O. The van der Waals surface area contributed by atoms with Crippen LogP contribution >= 0.6 is 0 Å². The predicted octanol–water partition coefficient (Wildman–Crippen LogP) is 2.68. The number of benzene rings is 2. The summed E-state index contributed by atoms with van der Waals surface area (Å²) in [5.41, 5.74) is 4.94. The lowest BCUT2D eigenvalue weighted by molar-refractivity contribution is 0.239. The molecule has 3 rings (SSSR count). The Labute approximate surface area is 133 Å². The van der Waals surface area contributed by atoms with Crippen molar-refractivity contribution in [2.45, 2.75) is 20.4 Å². The average molecular weight is 305 g/mol. The van der Waals surface area contributed by atoms with Crippen LogP contribution in [0.4, 0.5) is 4.79 Å². The Morgan fingerprint density at radius 1 is 1.26 bits per heavy atom. The average Bonchev–Trinajstić information content (AvgIpc) is 2.97. The number of nitriles is 1. The number of amides is 1. The van der Waals surface area contributed by atoms with Crippen LogP contribution in [0, 0.1) is 25.2 Å². The van der Waals surface area contributed by atoms with Crippen molar-refractivity contribution >= 4 is 17.1 Å². The number of nitrogens with one attached hydrogen (secondary N) is 1. The quantitative estimate of drug-likeness (QED) is 0.789. The highest BCUT2D eigenvalue weighted by molar-refractivity contribution is 5.88. The van der Waals surface area contributed by atoms with Crippen LogP contribution in [-0.2, 0) is 6.54 Å². The van der Waals surface area contributed by atoms with E-state index < -0.39 is 0 Å². The van der Waals surface area contributed by atoms with Gasteiger partial charge in [0, 0.05) is 6.54 Å². The molecule has 114 valence electrons. The van der Waals surface area contributed by atoms with E-state index in [0.29, 0.717) is 23.1 Å². The lowest BCUT2D eigenvalue weighted by atomic mass is 10.0. The third-order valence-corrected chi connectivity index (χ3v) is 3.83. The van der Waals surface area contributed by atoms with E-state index in [1.54, 1.807) is 18.2 Å². The van der Waals surface area contributed by atoms with Gasteiger partial charge in [-0.15, -0.1) is 5.10 Å². The van der Waals surface area contributed by atoms with Crippen LogP contribution in [-0.4, -0.2) is 21.0 Å². The van der Waals surface area contributed by atoms with Crippen LogP contribution < -0.4 is 5.32 Å². The number of nitrogens with zero attached hydrogens (tertiary/aromatic N) is 4. The second-order valence-corrected chi connectivity index (χ2v) is 5.35. The van der Waals surface area contributed by atoms with Crippen molar-refractivity contribution in [1.29, 1.82) is 5.26 Å². The van der Waals surface area contributed by atoms with Crippen LogP contribution in [0.15, 0.2) is 36.4 Å². The summed E-state index contributed by atoms with van der Waals surface area (Å²) in [6, 6.07) is 12.6. The third-order valence-electron chi connectivity index (χ3n) is 3.83. The van der Waals surface area contributed by atoms with Crippen LogP contribution in [0.25, 0.3) is 11.0 Å². The van der Waals surface area contributed by atoms with E-state index in [-0.39, 0.29) is 6.03 Å². The zero-order valence-corrected chi connectivity index (χ0v) is 12.9. The van der Waals surface area contributed by atoms with E-state index in [4.69, 9.17) is 5.26 Å². The fourth-order valence-electron chi connectivity index (χ4n) is 2.51. The fraction of sp³-hybridized carbons (Fsp3) is 0.176. The maximum atomic E-state index is 12.4. The molecule has 23 heavy (non-hydrogen) atoms. The molecule has 0 fully saturated rings. The zero-order chi connectivity index (χ0) is 16.4. The molecule has 1 heterocycles. The number of hydrogen-bond donors (Lipinski definition) is 1. The molecule has 0 saturated heterocycles. The molecular weight excluding hydrogens is 290 g/mol. The number of carbonyl (C=O) groups excluding carboxylic acids is 1. The molecule has 0 aliphatic heterocycles. The normalized spacial score (nSPS) is 10.5. The van der Waals surface area contributed by atoms with E-state index in [0.717, 1.165) is 16.7 Å². The maximum absolute atomic E-state index is 12.4. The molecule has 6 heteroatoms. The Morgan fingerprint density at radius 2 is 2.00 bits per heavy atom. The van der Waals surface area contributed by atoms with Gasteiger partial charge in [-0.05, 0) is 48.7 Å². The van der Waals surface area contributed by atoms with Gasteiger partial charge in [-0.3, -0.25) is 0 Å². The van der Waals surface area contributed by atoms with Crippen molar-refractivity contribution in [3.05, 3.63) is 58.7 Å². The van der Waals surface area contributed by atoms with Gasteiger partial charge in [-0.25, -0.2) is 4.79 Å². The van der Waals surface area contributed by atoms with Crippen molar-refractivity contribution in [3.63, 3.8) is 0 Å².